The zero-order valence-electron chi connectivity index (χ0n) is 48.3. The second kappa shape index (κ2) is 39.6. The van der Waals surface area contributed by atoms with Gasteiger partial charge in [-0.1, -0.05) is 187 Å². The predicted molar refractivity (Wildman–Crippen MR) is 348 cm³/mol. The molecule has 0 saturated carbocycles. The van der Waals surface area contributed by atoms with Crippen LogP contribution in [-0.4, -0.2) is 0 Å². The van der Waals surface area contributed by atoms with Crippen molar-refractivity contribution in [3.05, 3.63) is 269 Å². The van der Waals surface area contributed by atoms with Gasteiger partial charge in [0.05, 0.1) is 0 Å². The van der Waals surface area contributed by atoms with Crippen LogP contribution in [0.25, 0.3) is 0 Å². The fraction of sp³-hybridized carbons (Fsp3) is 0.217. The van der Waals surface area contributed by atoms with Crippen molar-refractivity contribution < 1.29 is 0 Å². The van der Waals surface area contributed by atoms with Gasteiger partial charge in [0.15, 0.2) is 0 Å². The Kier molecular flexibility index (Phi) is 34.1. The number of hydrogen-bond donors (Lipinski definition) is 9. The number of anilines is 9. The van der Waals surface area contributed by atoms with Gasteiger partial charge in [0.1, 0.15) is 0 Å². The van der Waals surface area contributed by atoms with Gasteiger partial charge in [-0.05, 0) is 182 Å². The van der Waals surface area contributed by atoms with Crippen LogP contribution in [0.1, 0.15) is 105 Å². The molecule has 0 aliphatic carbocycles. The SMILES string of the molecule is CC(C)c1cccc(N)c1.CC(C)c1ccccc1N.CCc1ccc(N)cc1.CCc1cccc(N)c1.CCc1ccccc1N.Cc1ccc(N)cc1.Cc1cccc(N)c1.Cc1ccccc1N.Nc1ccccc1. The predicted octanol–water partition coefficient (Wildman–Crippen LogP) is 16.3. The van der Waals surface area contributed by atoms with Crippen molar-refractivity contribution >= 4 is 51.2 Å². The van der Waals surface area contributed by atoms with Crippen molar-refractivity contribution in [1.82, 2.24) is 0 Å². The highest BCUT2D eigenvalue weighted by molar-refractivity contribution is 5.49. The molecular formula is C69H93N9. The Hall–Kier alpha value is -8.82. The Morgan fingerprint density at radius 2 is 0.731 bits per heavy atom. The largest absolute Gasteiger partial charge is 0.399 e. The molecule has 9 heteroatoms. The maximum Gasteiger partial charge on any atom is 0.0349 e. The Morgan fingerprint density at radius 3 is 1.06 bits per heavy atom. The molecule has 78 heavy (non-hydrogen) atoms. The molecule has 0 bridgehead atoms. The van der Waals surface area contributed by atoms with Crippen molar-refractivity contribution in [2.45, 2.75) is 100 Å². The molecule has 0 aromatic heterocycles. The topological polar surface area (TPSA) is 234 Å². The van der Waals surface area contributed by atoms with Crippen LogP contribution < -0.4 is 51.6 Å². The zero-order chi connectivity index (χ0) is 58.3. The number of benzene rings is 9. The van der Waals surface area contributed by atoms with E-state index in [4.69, 9.17) is 51.6 Å². The minimum atomic E-state index is 0.529. The smallest absolute Gasteiger partial charge is 0.0349 e. The lowest BCUT2D eigenvalue weighted by Gasteiger charge is -2.07. The zero-order valence-corrected chi connectivity index (χ0v) is 48.3. The van der Waals surface area contributed by atoms with Gasteiger partial charge in [0.25, 0.3) is 0 Å². The van der Waals surface area contributed by atoms with Gasteiger partial charge in [0, 0.05) is 51.2 Å². The summed E-state index contributed by atoms with van der Waals surface area (Å²) in [6.45, 7) is 21.0. The van der Waals surface area contributed by atoms with Crippen LogP contribution >= 0.6 is 0 Å². The molecule has 0 aliphatic heterocycles. The number of nitrogen functional groups attached to an aromatic ring is 9. The maximum absolute atomic E-state index is 5.72. The number of hydrogen-bond acceptors (Lipinski definition) is 9. The van der Waals surface area contributed by atoms with Crippen molar-refractivity contribution in [2.75, 3.05) is 51.6 Å². The van der Waals surface area contributed by atoms with Crippen molar-refractivity contribution in [3.63, 3.8) is 0 Å². The second-order valence-corrected chi connectivity index (χ2v) is 18.9. The van der Waals surface area contributed by atoms with Crippen molar-refractivity contribution in [2.24, 2.45) is 0 Å². The monoisotopic (exact) mass is 1050 g/mol. The molecule has 9 aromatic rings. The van der Waals surface area contributed by atoms with Gasteiger partial charge in [-0.25, -0.2) is 0 Å². The van der Waals surface area contributed by atoms with Gasteiger partial charge in [-0.3, -0.25) is 0 Å². The van der Waals surface area contributed by atoms with Crippen LogP contribution in [0.15, 0.2) is 224 Å². The molecule has 0 saturated heterocycles. The lowest BCUT2D eigenvalue weighted by Crippen LogP contribution is -1.94. The van der Waals surface area contributed by atoms with E-state index in [2.05, 4.69) is 84.9 Å². The van der Waals surface area contributed by atoms with E-state index in [1.165, 1.54) is 38.9 Å². The number of nitrogens with two attached hydrogens (primary N) is 9. The lowest BCUT2D eigenvalue weighted by molar-refractivity contribution is 0.867. The summed E-state index contributed by atoms with van der Waals surface area (Å²) in [5.74, 6) is 1.10. The standard InChI is InChI=1S/2C9H13N.3C8H11N.3C7H9N.C6H7N/c1-7(2)8-4-3-5-9(10)6-8;1-7(2)8-5-3-4-6-9(8)10;1-2-7-3-5-8(9)6-4-7;1-2-7-4-3-5-8(9)6-7;1-2-7-5-3-4-6-8(7)9;1-6-2-4-7(8)5-3-6;1-6-3-2-4-7(8)5-6;1-6-4-2-3-5-7(6)8;7-6-4-2-1-3-5-6/h2*3-7H,10H2,1-2H3;3*3-6H,2,9H2,1H3;3*2-5H,8H2,1H3;1-5H,7H2. The summed E-state index contributed by atoms with van der Waals surface area (Å²) < 4.78 is 0. The third kappa shape index (κ3) is 31.8. The molecule has 0 aliphatic rings. The molecule has 9 rings (SSSR count). The van der Waals surface area contributed by atoms with E-state index in [-0.39, 0.29) is 0 Å². The molecule has 0 heterocycles. The molecule has 0 fully saturated rings. The van der Waals surface area contributed by atoms with Crippen LogP contribution in [-0.2, 0) is 19.3 Å². The maximum atomic E-state index is 5.72. The normalized spacial score (nSPS) is 9.49. The Morgan fingerprint density at radius 1 is 0.295 bits per heavy atom. The van der Waals surface area contributed by atoms with E-state index in [0.29, 0.717) is 11.8 Å². The minimum absolute atomic E-state index is 0.529. The highest BCUT2D eigenvalue weighted by atomic mass is 14.6. The van der Waals surface area contributed by atoms with Crippen LogP contribution in [0.4, 0.5) is 51.2 Å². The summed E-state index contributed by atoms with van der Waals surface area (Å²) in [6, 6.07) is 72.7. The van der Waals surface area contributed by atoms with E-state index in [1.54, 1.807) is 0 Å². The third-order valence-electron chi connectivity index (χ3n) is 11.5. The first kappa shape index (κ1) is 67.2. The average molecular weight is 1050 g/mol. The van der Waals surface area contributed by atoms with Crippen molar-refractivity contribution in [1.29, 1.82) is 0 Å². The van der Waals surface area contributed by atoms with Gasteiger partial charge in [-0.2, -0.15) is 0 Å². The Balaban J connectivity index is 0.000000439. The van der Waals surface area contributed by atoms with E-state index in [0.717, 1.165) is 76.0 Å². The molecule has 0 amide bonds. The first-order valence-corrected chi connectivity index (χ1v) is 26.7. The van der Waals surface area contributed by atoms with E-state index in [9.17, 15) is 0 Å². The van der Waals surface area contributed by atoms with Gasteiger partial charge in [0.2, 0.25) is 0 Å². The summed E-state index contributed by atoms with van der Waals surface area (Å²) in [4.78, 5) is 0. The summed E-state index contributed by atoms with van der Waals surface area (Å²) >= 11 is 0. The Bertz CT molecular complexity index is 2870. The van der Waals surface area contributed by atoms with Gasteiger partial charge < -0.3 is 51.6 Å². The quantitative estimate of drug-likeness (QED) is 0.0745. The first-order valence-electron chi connectivity index (χ1n) is 26.7. The number of para-hydroxylation sites is 4. The van der Waals surface area contributed by atoms with E-state index < -0.39 is 0 Å². The van der Waals surface area contributed by atoms with E-state index >= 15 is 0 Å². The van der Waals surface area contributed by atoms with Crippen LogP contribution in [0.5, 0.6) is 0 Å². The number of rotatable bonds is 5. The fourth-order valence-electron chi connectivity index (χ4n) is 6.65. The van der Waals surface area contributed by atoms with Gasteiger partial charge in [-0.15, -0.1) is 0 Å². The molecule has 0 unspecified atom stereocenters. The molecular weight excluding hydrogens is 955 g/mol. The van der Waals surface area contributed by atoms with Crippen molar-refractivity contribution in [3.8, 4) is 0 Å². The molecule has 0 atom stereocenters. The second-order valence-electron chi connectivity index (χ2n) is 18.9. The highest BCUT2D eigenvalue weighted by Crippen LogP contribution is 2.20. The highest BCUT2D eigenvalue weighted by Gasteiger charge is 2.00. The summed E-state index contributed by atoms with van der Waals surface area (Å²) in [5.41, 5.74) is 67.5. The van der Waals surface area contributed by atoms with E-state index in [1.807, 2.05) is 209 Å². The third-order valence-corrected chi connectivity index (χ3v) is 11.5. The Labute approximate surface area is 469 Å². The summed E-state index contributed by atoms with van der Waals surface area (Å²) in [5, 5.41) is 0. The average Bonchev–Trinajstić information content (AvgIpc) is 3.42. The molecule has 9 aromatic carbocycles. The molecule has 9 nitrogen and oxygen atoms in total. The van der Waals surface area contributed by atoms with Crippen LogP contribution in [0.3, 0.4) is 0 Å². The van der Waals surface area contributed by atoms with Gasteiger partial charge >= 0.3 is 0 Å². The first-order chi connectivity index (χ1) is 37.2. The summed E-state index contributed by atoms with van der Waals surface area (Å²) in [7, 11) is 0. The lowest BCUT2D eigenvalue weighted by atomic mass is 10.0. The fourth-order valence-corrected chi connectivity index (χ4v) is 6.65. The molecule has 414 valence electrons. The van der Waals surface area contributed by atoms with Crippen LogP contribution in [0.2, 0.25) is 0 Å². The molecule has 0 radical (unpaired) electrons. The van der Waals surface area contributed by atoms with Crippen LogP contribution in [0, 0.1) is 20.8 Å². The number of aryl methyl sites for hydroxylation is 6. The minimum Gasteiger partial charge on any atom is -0.399 e. The summed E-state index contributed by atoms with van der Waals surface area (Å²) in [6.07, 6.45) is 3.16. The molecule has 18 N–H and O–H groups in total. The molecule has 0 spiro atoms.